The zero-order chi connectivity index (χ0) is 22.7. The Morgan fingerprint density at radius 1 is 1.19 bits per heavy atom. The van der Waals surface area contributed by atoms with Gasteiger partial charge in [0, 0.05) is 62.4 Å². The van der Waals surface area contributed by atoms with E-state index in [1.54, 1.807) is 24.1 Å². The molecule has 32 heavy (non-hydrogen) atoms. The predicted octanol–water partition coefficient (Wildman–Crippen LogP) is 3.85. The summed E-state index contributed by atoms with van der Waals surface area (Å²) >= 11 is 7.13. The molecule has 1 N–H and O–H groups in total. The van der Waals surface area contributed by atoms with E-state index in [0.29, 0.717) is 48.3 Å². The highest BCUT2D eigenvalue weighted by atomic mass is 35.5. The Balaban J connectivity index is 1.44. The number of amides is 3. The van der Waals surface area contributed by atoms with Gasteiger partial charge in [-0.2, -0.15) is 0 Å². The Morgan fingerprint density at radius 2 is 2.03 bits per heavy atom. The Hall–Kier alpha value is -2.42. The first-order valence-corrected chi connectivity index (χ1v) is 11.9. The zero-order valence-electron chi connectivity index (χ0n) is 17.9. The van der Waals surface area contributed by atoms with E-state index in [0.717, 1.165) is 29.8 Å². The third kappa shape index (κ3) is 4.98. The quantitative estimate of drug-likeness (QED) is 0.659. The summed E-state index contributed by atoms with van der Waals surface area (Å²) in [6, 6.07) is 9.13. The number of ether oxygens (including phenoxy) is 1. The second-order valence-electron chi connectivity index (χ2n) is 8.14. The van der Waals surface area contributed by atoms with Crippen LogP contribution in [-0.2, 0) is 20.9 Å². The topological polar surface area (TPSA) is 79.0 Å². The van der Waals surface area contributed by atoms with Gasteiger partial charge in [0.05, 0.1) is 15.8 Å². The van der Waals surface area contributed by atoms with Gasteiger partial charge in [-0.25, -0.2) is 0 Å². The number of carbonyl (C=O) groups excluding carboxylic acids is 3. The summed E-state index contributed by atoms with van der Waals surface area (Å²) in [6.45, 7) is 2.01. The van der Waals surface area contributed by atoms with E-state index in [2.05, 4.69) is 5.32 Å². The molecule has 2 saturated heterocycles. The standard InChI is InChI=1S/C23H26ClN3O4S/c1-31-14-16-11-17(5-6-18(16)26-9-3-2-4-21(26)28)27-13-15(10-22(27)29)12-25-23(30)19-7-8-20(24)32-19/h5-8,11,15H,2-4,9-10,12-14H2,1H3,(H,25,30)/t15-/m0/s1. The summed E-state index contributed by atoms with van der Waals surface area (Å²) in [4.78, 5) is 41.5. The van der Waals surface area contributed by atoms with Crippen molar-refractivity contribution in [3.8, 4) is 0 Å². The van der Waals surface area contributed by atoms with Gasteiger partial charge in [0.1, 0.15) is 0 Å². The molecule has 1 aromatic carbocycles. The summed E-state index contributed by atoms with van der Waals surface area (Å²) in [5.41, 5.74) is 2.53. The molecular weight excluding hydrogens is 450 g/mol. The van der Waals surface area contributed by atoms with Gasteiger partial charge in [-0.05, 0) is 43.2 Å². The van der Waals surface area contributed by atoms with Crippen LogP contribution >= 0.6 is 22.9 Å². The van der Waals surface area contributed by atoms with E-state index in [1.165, 1.54) is 11.3 Å². The maximum absolute atomic E-state index is 12.7. The Labute approximate surface area is 196 Å². The van der Waals surface area contributed by atoms with Crippen LogP contribution in [0.1, 0.15) is 40.9 Å². The van der Waals surface area contributed by atoms with E-state index in [-0.39, 0.29) is 23.6 Å². The Kier molecular flexibility index (Phi) is 7.13. The minimum absolute atomic E-state index is 0.0218. The van der Waals surface area contributed by atoms with Gasteiger partial charge in [0.25, 0.3) is 5.91 Å². The number of rotatable bonds is 7. The minimum atomic E-state index is -0.175. The number of halogens is 1. The van der Waals surface area contributed by atoms with Gasteiger partial charge < -0.3 is 19.9 Å². The number of anilines is 2. The van der Waals surface area contributed by atoms with Crippen LogP contribution in [-0.4, -0.2) is 44.5 Å². The van der Waals surface area contributed by atoms with Crippen molar-refractivity contribution < 1.29 is 19.1 Å². The molecule has 2 aliphatic rings. The fraction of sp³-hybridized carbons (Fsp3) is 0.435. The van der Waals surface area contributed by atoms with Crippen molar-refractivity contribution in [1.82, 2.24) is 5.32 Å². The molecule has 2 fully saturated rings. The molecule has 2 aromatic rings. The van der Waals surface area contributed by atoms with Crippen molar-refractivity contribution >= 4 is 52.0 Å². The molecule has 7 nitrogen and oxygen atoms in total. The second-order valence-corrected chi connectivity index (χ2v) is 9.85. The summed E-state index contributed by atoms with van der Waals surface area (Å²) in [5, 5.41) is 2.91. The minimum Gasteiger partial charge on any atom is -0.380 e. The third-order valence-electron chi connectivity index (χ3n) is 5.84. The Morgan fingerprint density at radius 3 is 2.75 bits per heavy atom. The van der Waals surface area contributed by atoms with Crippen LogP contribution in [0.15, 0.2) is 30.3 Å². The molecule has 3 heterocycles. The number of hydrogen-bond donors (Lipinski definition) is 1. The molecule has 0 spiro atoms. The molecule has 1 atom stereocenters. The lowest BCUT2D eigenvalue weighted by atomic mass is 10.1. The monoisotopic (exact) mass is 475 g/mol. The van der Waals surface area contributed by atoms with E-state index in [9.17, 15) is 14.4 Å². The van der Waals surface area contributed by atoms with Crippen molar-refractivity contribution in [3.63, 3.8) is 0 Å². The molecule has 9 heteroatoms. The average molecular weight is 476 g/mol. The zero-order valence-corrected chi connectivity index (χ0v) is 19.5. The lowest BCUT2D eigenvalue weighted by Gasteiger charge is -2.29. The molecule has 0 unspecified atom stereocenters. The molecule has 3 amide bonds. The largest absolute Gasteiger partial charge is 0.380 e. The first-order valence-electron chi connectivity index (χ1n) is 10.7. The highest BCUT2D eigenvalue weighted by Gasteiger charge is 2.32. The van der Waals surface area contributed by atoms with Gasteiger partial charge in [0.2, 0.25) is 11.8 Å². The molecule has 1 aromatic heterocycles. The number of hydrogen-bond acceptors (Lipinski definition) is 5. The second kappa shape index (κ2) is 10.0. The molecular formula is C23H26ClN3O4S. The summed E-state index contributed by atoms with van der Waals surface area (Å²) in [7, 11) is 1.62. The fourth-order valence-corrected chi connectivity index (χ4v) is 5.22. The highest BCUT2D eigenvalue weighted by molar-refractivity contribution is 7.18. The normalized spacial score (nSPS) is 19.0. The Bertz CT molecular complexity index is 1020. The van der Waals surface area contributed by atoms with Crippen molar-refractivity contribution in [2.75, 3.05) is 36.5 Å². The predicted molar refractivity (Wildman–Crippen MR) is 125 cm³/mol. The fourth-order valence-electron chi connectivity index (χ4n) is 4.26. The van der Waals surface area contributed by atoms with Crippen LogP contribution in [0.2, 0.25) is 4.34 Å². The van der Waals surface area contributed by atoms with Gasteiger partial charge in [-0.1, -0.05) is 11.6 Å². The summed E-state index contributed by atoms with van der Waals surface area (Å²) < 4.78 is 5.94. The van der Waals surface area contributed by atoms with Crippen LogP contribution in [0.5, 0.6) is 0 Å². The first-order chi connectivity index (χ1) is 15.5. The van der Waals surface area contributed by atoms with E-state index < -0.39 is 0 Å². The highest BCUT2D eigenvalue weighted by Crippen LogP contribution is 2.32. The first kappa shape index (κ1) is 22.8. The van der Waals surface area contributed by atoms with Crippen molar-refractivity contribution in [2.24, 2.45) is 5.92 Å². The lowest BCUT2D eigenvalue weighted by molar-refractivity contribution is -0.119. The smallest absolute Gasteiger partial charge is 0.261 e. The maximum atomic E-state index is 12.7. The summed E-state index contributed by atoms with van der Waals surface area (Å²) in [5.74, 6) is -0.00291. The van der Waals surface area contributed by atoms with E-state index in [1.807, 2.05) is 23.1 Å². The number of piperidine rings is 1. The van der Waals surface area contributed by atoms with Crippen LogP contribution in [0, 0.1) is 5.92 Å². The van der Waals surface area contributed by atoms with E-state index in [4.69, 9.17) is 16.3 Å². The van der Waals surface area contributed by atoms with Gasteiger partial charge in [0.15, 0.2) is 0 Å². The van der Waals surface area contributed by atoms with Crippen LogP contribution in [0.3, 0.4) is 0 Å². The average Bonchev–Trinajstić information content (AvgIpc) is 3.38. The molecule has 0 aliphatic carbocycles. The van der Waals surface area contributed by atoms with Crippen molar-refractivity contribution in [3.05, 3.63) is 45.1 Å². The molecule has 0 radical (unpaired) electrons. The van der Waals surface area contributed by atoms with Gasteiger partial charge in [-0.3, -0.25) is 14.4 Å². The molecule has 0 saturated carbocycles. The molecule has 170 valence electrons. The lowest BCUT2D eigenvalue weighted by Crippen LogP contribution is -2.36. The number of nitrogens with one attached hydrogen (secondary N) is 1. The number of carbonyl (C=O) groups is 3. The molecule has 0 bridgehead atoms. The number of thiophene rings is 1. The van der Waals surface area contributed by atoms with Gasteiger partial charge in [-0.15, -0.1) is 11.3 Å². The molecule has 2 aliphatic heterocycles. The van der Waals surface area contributed by atoms with Crippen molar-refractivity contribution in [2.45, 2.75) is 32.3 Å². The summed E-state index contributed by atoms with van der Waals surface area (Å²) in [6.07, 6.45) is 2.84. The number of nitrogens with zero attached hydrogens (tertiary/aromatic N) is 2. The van der Waals surface area contributed by atoms with Crippen molar-refractivity contribution in [1.29, 1.82) is 0 Å². The SMILES string of the molecule is COCc1cc(N2C[C@H](CNC(=O)c3ccc(Cl)s3)CC2=O)ccc1N1CCCCC1=O. The van der Waals surface area contributed by atoms with Gasteiger partial charge >= 0.3 is 0 Å². The maximum Gasteiger partial charge on any atom is 0.261 e. The van der Waals surface area contributed by atoms with Crippen LogP contribution in [0.25, 0.3) is 0 Å². The third-order valence-corrected chi connectivity index (χ3v) is 7.07. The molecule has 4 rings (SSSR count). The number of methoxy groups -OCH3 is 1. The number of benzene rings is 1. The van der Waals surface area contributed by atoms with Crippen LogP contribution in [0.4, 0.5) is 11.4 Å². The van der Waals surface area contributed by atoms with Crippen LogP contribution < -0.4 is 15.1 Å². The van der Waals surface area contributed by atoms with E-state index >= 15 is 0 Å².